The van der Waals surface area contributed by atoms with E-state index in [1.165, 1.54) is 15.8 Å². The topological polar surface area (TPSA) is 38.5 Å². The van der Waals surface area contributed by atoms with Crippen LogP contribution in [-0.4, -0.2) is 27.8 Å². The SMILES string of the molecule is [2H]C([2H])([2H])N1CN(c2cc(Oc3ccc4c5ccccc5n(-c5cc6c(cn5)c5ccccc5n6C)c4c3)cc(C(C)(C)C)c2)c2cc(-c3ccccc3)ccc21. The Kier molecular flexibility index (Phi) is 6.44. The molecule has 6 heteroatoms. The van der Waals surface area contributed by atoms with Gasteiger partial charge in [-0.15, -0.1) is 0 Å². The zero-order valence-electron chi connectivity index (χ0n) is 33.7. The third-order valence-electron chi connectivity index (χ3n) is 10.9. The second-order valence-electron chi connectivity index (χ2n) is 15.3. The van der Waals surface area contributed by atoms with E-state index in [0.29, 0.717) is 17.2 Å². The zero-order valence-corrected chi connectivity index (χ0v) is 30.7. The second-order valence-corrected chi connectivity index (χ2v) is 15.3. The molecule has 0 amide bonds. The molecule has 0 fully saturated rings. The lowest BCUT2D eigenvalue weighted by molar-refractivity contribution is 0.479. The number of ether oxygens (including phenoxy) is 1. The van der Waals surface area contributed by atoms with Crippen LogP contribution < -0.4 is 14.5 Å². The van der Waals surface area contributed by atoms with Crippen LogP contribution in [0.2, 0.25) is 0 Å². The van der Waals surface area contributed by atoms with Crippen LogP contribution in [0.1, 0.15) is 30.4 Å². The molecular formula is C48H41N5O. The van der Waals surface area contributed by atoms with Gasteiger partial charge >= 0.3 is 0 Å². The van der Waals surface area contributed by atoms with E-state index in [9.17, 15) is 0 Å². The largest absolute Gasteiger partial charge is 0.457 e. The molecule has 3 aromatic heterocycles. The van der Waals surface area contributed by atoms with Gasteiger partial charge in [0.25, 0.3) is 0 Å². The van der Waals surface area contributed by atoms with Crippen molar-refractivity contribution < 1.29 is 8.85 Å². The van der Waals surface area contributed by atoms with Crippen LogP contribution in [0.5, 0.6) is 11.5 Å². The Bertz CT molecular complexity index is 3030. The third-order valence-corrected chi connectivity index (χ3v) is 10.9. The van der Waals surface area contributed by atoms with Gasteiger partial charge in [0, 0.05) is 75.3 Å². The summed E-state index contributed by atoms with van der Waals surface area (Å²) in [6.45, 7) is 4.40. The Morgan fingerprint density at radius 2 is 1.35 bits per heavy atom. The van der Waals surface area contributed by atoms with Gasteiger partial charge in [0.1, 0.15) is 17.3 Å². The number of anilines is 3. The Morgan fingerprint density at radius 1 is 0.611 bits per heavy atom. The van der Waals surface area contributed by atoms with Crippen LogP contribution in [0.25, 0.3) is 60.6 Å². The second kappa shape index (κ2) is 12.0. The highest BCUT2D eigenvalue weighted by molar-refractivity contribution is 6.11. The summed E-state index contributed by atoms with van der Waals surface area (Å²) in [5.41, 5.74) is 9.66. The van der Waals surface area contributed by atoms with Crippen LogP contribution in [0, 0.1) is 0 Å². The maximum atomic E-state index is 8.42. The number of fused-ring (bicyclic) bond motifs is 7. The van der Waals surface area contributed by atoms with Crippen molar-refractivity contribution in [3.8, 4) is 28.4 Å². The van der Waals surface area contributed by atoms with Gasteiger partial charge < -0.3 is 19.1 Å². The first kappa shape index (κ1) is 29.0. The van der Waals surface area contributed by atoms with Crippen molar-refractivity contribution in [3.63, 3.8) is 0 Å². The first-order valence-corrected chi connectivity index (χ1v) is 18.4. The van der Waals surface area contributed by atoms with Gasteiger partial charge in [-0.25, -0.2) is 4.98 Å². The van der Waals surface area contributed by atoms with Crippen LogP contribution in [-0.2, 0) is 12.5 Å². The molecule has 264 valence electrons. The molecule has 0 atom stereocenters. The fraction of sp³-hybridized carbons (Fsp3) is 0.146. The lowest BCUT2D eigenvalue weighted by Crippen LogP contribution is -2.24. The van der Waals surface area contributed by atoms with E-state index in [1.807, 2.05) is 48.7 Å². The van der Waals surface area contributed by atoms with Crippen molar-refractivity contribution in [2.75, 3.05) is 23.4 Å². The average Bonchev–Trinajstić information content (AvgIpc) is 3.85. The maximum Gasteiger partial charge on any atom is 0.139 e. The molecule has 0 saturated carbocycles. The van der Waals surface area contributed by atoms with E-state index in [0.717, 1.165) is 66.6 Å². The van der Waals surface area contributed by atoms with Crippen molar-refractivity contribution >= 4 is 60.7 Å². The quantitative estimate of drug-likeness (QED) is 0.179. The van der Waals surface area contributed by atoms with Crippen LogP contribution in [0.15, 0.2) is 146 Å². The molecule has 4 heterocycles. The first-order valence-electron chi connectivity index (χ1n) is 19.9. The molecule has 1 aliphatic rings. The Morgan fingerprint density at radius 3 is 2.15 bits per heavy atom. The van der Waals surface area contributed by atoms with Crippen LogP contribution in [0.4, 0.5) is 17.1 Å². The summed E-state index contributed by atoms with van der Waals surface area (Å²) < 4.78 is 36.6. The van der Waals surface area contributed by atoms with Crippen molar-refractivity contribution in [2.45, 2.75) is 26.2 Å². The maximum absolute atomic E-state index is 8.42. The van der Waals surface area contributed by atoms with Gasteiger partial charge in [0.2, 0.25) is 0 Å². The summed E-state index contributed by atoms with van der Waals surface area (Å²) in [4.78, 5) is 8.63. The average molecular weight is 707 g/mol. The number of aromatic nitrogens is 3. The highest BCUT2D eigenvalue weighted by Gasteiger charge is 2.27. The fourth-order valence-electron chi connectivity index (χ4n) is 8.09. The number of pyridine rings is 1. The van der Waals surface area contributed by atoms with E-state index < -0.39 is 6.98 Å². The zero-order chi connectivity index (χ0) is 39.2. The van der Waals surface area contributed by atoms with Gasteiger partial charge in [-0.2, -0.15) is 0 Å². The predicted molar refractivity (Wildman–Crippen MR) is 225 cm³/mol. The lowest BCUT2D eigenvalue weighted by atomic mass is 9.86. The van der Waals surface area contributed by atoms with Gasteiger partial charge in [0.05, 0.1) is 34.6 Å². The van der Waals surface area contributed by atoms with E-state index in [1.54, 1.807) is 0 Å². The van der Waals surface area contributed by atoms with Crippen LogP contribution >= 0.6 is 0 Å². The summed E-state index contributed by atoms with van der Waals surface area (Å²) >= 11 is 0. The number of para-hydroxylation sites is 2. The molecule has 6 nitrogen and oxygen atoms in total. The molecular weight excluding hydrogens is 663 g/mol. The molecule has 0 unspecified atom stereocenters. The monoisotopic (exact) mass is 706 g/mol. The Hall–Kier alpha value is -6.53. The standard InChI is InChI=1S/C48H41N5O/c1-48(2,3)33-24-34(52-30-50(4)43-22-19-32(23-46(43)52)31-13-7-6-8-14-31)26-36(25-33)54-35-20-21-39-37-15-10-12-18-42(37)53(45(39)27-35)47-28-44-40(29-49-47)38-16-9-11-17-41(38)51(44)5/h6-29H,30H2,1-5H3/i4D3. The molecule has 0 aliphatic carbocycles. The number of rotatable bonds is 5. The molecule has 6 aromatic carbocycles. The minimum atomic E-state index is -2.32. The summed E-state index contributed by atoms with van der Waals surface area (Å²) in [6, 6.07) is 47.8. The molecule has 1 aliphatic heterocycles. The fourth-order valence-corrected chi connectivity index (χ4v) is 8.09. The summed E-state index contributed by atoms with van der Waals surface area (Å²) in [7, 11) is 2.11. The highest BCUT2D eigenvalue weighted by Crippen LogP contribution is 2.45. The molecule has 0 bridgehead atoms. The number of benzene rings is 6. The minimum Gasteiger partial charge on any atom is -0.457 e. The molecule has 0 radical (unpaired) electrons. The van der Waals surface area contributed by atoms with E-state index in [4.69, 9.17) is 13.8 Å². The lowest BCUT2D eigenvalue weighted by Gasteiger charge is -2.26. The van der Waals surface area contributed by atoms with Gasteiger partial charge in [-0.3, -0.25) is 4.57 Å². The third kappa shape index (κ3) is 5.12. The Labute approximate surface area is 319 Å². The molecule has 0 spiro atoms. The van der Waals surface area contributed by atoms with Crippen molar-refractivity contribution in [1.82, 2.24) is 14.1 Å². The van der Waals surface area contributed by atoms with Crippen molar-refractivity contribution in [2.24, 2.45) is 7.05 Å². The summed E-state index contributed by atoms with van der Waals surface area (Å²) in [6.07, 6.45) is 1.99. The highest BCUT2D eigenvalue weighted by atomic mass is 16.5. The number of hydrogen-bond acceptors (Lipinski definition) is 4. The van der Waals surface area contributed by atoms with Gasteiger partial charge in [-0.1, -0.05) is 93.6 Å². The van der Waals surface area contributed by atoms with Crippen molar-refractivity contribution in [1.29, 1.82) is 0 Å². The minimum absolute atomic E-state index is 0.178. The van der Waals surface area contributed by atoms with E-state index >= 15 is 0 Å². The first-order chi connectivity index (χ1) is 27.4. The number of nitrogens with zero attached hydrogens (tertiary/aromatic N) is 5. The predicted octanol–water partition coefficient (Wildman–Crippen LogP) is 12.1. The normalized spacial score (nSPS) is 14.2. The van der Waals surface area contributed by atoms with Gasteiger partial charge in [0.15, 0.2) is 0 Å². The van der Waals surface area contributed by atoms with Crippen molar-refractivity contribution in [3.05, 3.63) is 151 Å². The molecule has 10 rings (SSSR count). The number of hydrogen-bond donors (Lipinski definition) is 0. The Balaban J connectivity index is 1.09. The molecule has 9 aromatic rings. The molecule has 0 N–H and O–H groups in total. The van der Waals surface area contributed by atoms with Crippen LogP contribution in [0.3, 0.4) is 0 Å². The van der Waals surface area contributed by atoms with E-state index in [2.05, 4.69) is 139 Å². The molecule has 0 saturated heterocycles. The van der Waals surface area contributed by atoms with E-state index in [-0.39, 0.29) is 12.1 Å². The smallest absolute Gasteiger partial charge is 0.139 e. The van der Waals surface area contributed by atoms with Gasteiger partial charge in [-0.05, 0) is 70.6 Å². The summed E-state index contributed by atoms with van der Waals surface area (Å²) in [5, 5.41) is 4.55. The molecule has 54 heavy (non-hydrogen) atoms. The number of aryl methyl sites for hydroxylation is 1. The summed E-state index contributed by atoms with van der Waals surface area (Å²) in [5.74, 6) is 2.18.